The Hall–Kier alpha value is -1.46. The van der Waals surface area contributed by atoms with Gasteiger partial charge in [0, 0.05) is 11.1 Å². The molecule has 0 unspecified atom stereocenters. The lowest BCUT2D eigenvalue weighted by Crippen LogP contribution is -2.58. The number of carbonyl (C=O) groups excluding carboxylic acids is 1. The molecule has 2 aromatic carbocycles. The molecule has 1 nitrogen and oxygen atoms in total. The van der Waals surface area contributed by atoms with Crippen molar-refractivity contribution in [1.82, 2.24) is 0 Å². The summed E-state index contributed by atoms with van der Waals surface area (Å²) in [7, 11) is -3.09. The third-order valence-electron chi connectivity index (χ3n) is 4.45. The van der Waals surface area contributed by atoms with Gasteiger partial charge in [-0.1, -0.05) is 80.9 Å². The molecule has 0 atom stereocenters. The molecule has 2 aromatic rings. The van der Waals surface area contributed by atoms with Crippen molar-refractivity contribution in [1.29, 1.82) is 0 Å². The molecule has 0 aliphatic heterocycles. The number of ketones is 1. The van der Waals surface area contributed by atoms with Gasteiger partial charge >= 0.3 is 0 Å². The van der Waals surface area contributed by atoms with Gasteiger partial charge in [-0.15, -0.1) is 0 Å². The zero-order chi connectivity index (χ0) is 16.3. The lowest BCUT2D eigenvalue weighted by atomic mass is 10.1. The van der Waals surface area contributed by atoms with Gasteiger partial charge in [0.2, 0.25) is 0 Å². The van der Waals surface area contributed by atoms with Crippen LogP contribution >= 0.6 is 0 Å². The normalized spacial score (nSPS) is 14.0. The van der Waals surface area contributed by atoms with Gasteiger partial charge in [0.05, 0.1) is 16.1 Å². The molecule has 0 spiro atoms. The fourth-order valence-electron chi connectivity index (χ4n) is 3.52. The Balaban J connectivity index is 2.41. The van der Waals surface area contributed by atoms with Crippen LogP contribution in [-0.4, -0.2) is 21.9 Å². The van der Waals surface area contributed by atoms with Crippen LogP contribution in [0.2, 0.25) is 39.3 Å². The Morgan fingerprint density at radius 3 is 1.82 bits per heavy atom. The van der Waals surface area contributed by atoms with Gasteiger partial charge in [-0.3, -0.25) is 4.79 Å². The van der Waals surface area contributed by atoms with Crippen LogP contribution in [0.4, 0.5) is 0 Å². The third kappa shape index (κ3) is 2.23. The van der Waals surface area contributed by atoms with Gasteiger partial charge in [0.25, 0.3) is 0 Å². The van der Waals surface area contributed by atoms with Crippen LogP contribution < -0.4 is 10.4 Å². The number of benzene rings is 2. The Bertz CT molecular complexity index is 777. The molecule has 1 aliphatic rings. The second kappa shape index (κ2) is 4.77. The maximum atomic E-state index is 13.1. The highest BCUT2D eigenvalue weighted by Gasteiger charge is 2.37. The lowest BCUT2D eigenvalue weighted by Gasteiger charge is -2.30. The summed E-state index contributed by atoms with van der Waals surface area (Å²) >= 11 is 0. The van der Waals surface area contributed by atoms with E-state index in [9.17, 15) is 4.79 Å². The van der Waals surface area contributed by atoms with Gasteiger partial charge in [-0.2, -0.15) is 0 Å². The van der Waals surface area contributed by atoms with E-state index in [-0.39, 0.29) is 5.78 Å². The SMILES string of the molecule is C[Si](C)(C)c1ccc2c(c1[Si](C)(C)C)C(=O)c1ccccc1-2. The first-order chi connectivity index (χ1) is 10.1. The summed E-state index contributed by atoms with van der Waals surface area (Å²) in [6.45, 7) is 14.2. The highest BCUT2D eigenvalue weighted by Crippen LogP contribution is 2.36. The van der Waals surface area contributed by atoms with E-state index in [1.54, 1.807) is 0 Å². The van der Waals surface area contributed by atoms with Gasteiger partial charge < -0.3 is 0 Å². The van der Waals surface area contributed by atoms with Gasteiger partial charge in [-0.05, 0) is 16.3 Å². The average molecular weight is 325 g/mol. The standard InChI is InChI=1S/C19H24OSi2/c1-21(2,3)16-12-11-14-13-9-7-8-10-15(13)18(20)17(14)19(16)22(4,5)6/h7-12H,1-6H3. The van der Waals surface area contributed by atoms with E-state index >= 15 is 0 Å². The monoisotopic (exact) mass is 324 g/mol. The summed E-state index contributed by atoms with van der Waals surface area (Å²) in [6, 6.07) is 12.6. The van der Waals surface area contributed by atoms with E-state index in [2.05, 4.69) is 57.5 Å². The van der Waals surface area contributed by atoms with Crippen molar-refractivity contribution in [2.75, 3.05) is 0 Å². The largest absolute Gasteiger partial charge is 0.289 e. The number of rotatable bonds is 2. The van der Waals surface area contributed by atoms with Gasteiger partial charge in [-0.25, -0.2) is 0 Å². The molecule has 0 saturated carbocycles. The summed E-state index contributed by atoms with van der Waals surface area (Å²) in [5.41, 5.74) is 4.16. The minimum atomic E-state index is -1.61. The fourth-order valence-corrected chi connectivity index (χ4v) is 9.12. The molecule has 0 bridgehead atoms. The molecular weight excluding hydrogens is 300 g/mol. The van der Waals surface area contributed by atoms with Crippen LogP contribution in [0.1, 0.15) is 15.9 Å². The molecule has 3 rings (SSSR count). The van der Waals surface area contributed by atoms with E-state index < -0.39 is 16.1 Å². The summed E-state index contributed by atoms with van der Waals surface area (Å²) in [5.74, 6) is 0.239. The Morgan fingerprint density at radius 2 is 1.27 bits per heavy atom. The highest BCUT2D eigenvalue weighted by atomic mass is 28.3. The van der Waals surface area contributed by atoms with Crippen molar-refractivity contribution in [3.8, 4) is 11.1 Å². The maximum Gasteiger partial charge on any atom is 0.194 e. The quantitative estimate of drug-likeness (QED) is 0.652. The molecule has 114 valence electrons. The number of fused-ring (bicyclic) bond motifs is 3. The first kappa shape index (κ1) is 15.4. The molecule has 3 heteroatoms. The molecule has 0 heterocycles. The summed E-state index contributed by atoms with van der Waals surface area (Å²) in [6.07, 6.45) is 0. The van der Waals surface area contributed by atoms with Crippen molar-refractivity contribution in [2.45, 2.75) is 39.3 Å². The third-order valence-corrected chi connectivity index (χ3v) is 8.75. The van der Waals surface area contributed by atoms with Crippen LogP contribution in [-0.2, 0) is 0 Å². The lowest BCUT2D eigenvalue weighted by molar-refractivity contribution is 0.104. The number of hydrogen-bond donors (Lipinski definition) is 0. The molecular formula is C19H24OSi2. The average Bonchev–Trinajstić information content (AvgIpc) is 2.70. The fraction of sp³-hybridized carbons (Fsp3) is 0.316. The summed E-state index contributed by atoms with van der Waals surface area (Å²) in [5, 5.41) is 2.89. The van der Waals surface area contributed by atoms with E-state index in [0.717, 1.165) is 22.3 Å². The minimum absolute atomic E-state index is 0.239. The Morgan fingerprint density at radius 1 is 0.682 bits per heavy atom. The van der Waals surface area contributed by atoms with E-state index in [1.165, 1.54) is 10.4 Å². The van der Waals surface area contributed by atoms with Crippen molar-refractivity contribution < 1.29 is 4.79 Å². The first-order valence-corrected chi connectivity index (χ1v) is 14.9. The highest BCUT2D eigenvalue weighted by molar-refractivity contribution is 6.99. The second-order valence-electron chi connectivity index (χ2n) is 8.29. The summed E-state index contributed by atoms with van der Waals surface area (Å²) < 4.78 is 0. The molecule has 0 fully saturated rings. The molecule has 0 amide bonds. The van der Waals surface area contributed by atoms with Crippen molar-refractivity contribution in [3.05, 3.63) is 47.5 Å². The molecule has 0 saturated heterocycles. The smallest absolute Gasteiger partial charge is 0.194 e. The first-order valence-electron chi connectivity index (χ1n) is 7.94. The van der Waals surface area contributed by atoms with Crippen molar-refractivity contribution in [2.24, 2.45) is 0 Å². The Labute approximate surface area is 135 Å². The predicted octanol–water partition coefficient (Wildman–Crippen LogP) is 3.99. The van der Waals surface area contributed by atoms with Crippen LogP contribution in [0, 0.1) is 0 Å². The predicted molar refractivity (Wildman–Crippen MR) is 101 cm³/mol. The zero-order valence-electron chi connectivity index (χ0n) is 14.4. The van der Waals surface area contributed by atoms with Gasteiger partial charge in [0.15, 0.2) is 5.78 Å². The maximum absolute atomic E-state index is 13.1. The number of hydrogen-bond acceptors (Lipinski definition) is 1. The molecule has 0 N–H and O–H groups in total. The van der Waals surface area contributed by atoms with E-state index in [1.807, 2.05) is 18.2 Å². The van der Waals surface area contributed by atoms with Gasteiger partial charge in [0.1, 0.15) is 0 Å². The number of carbonyl (C=O) groups is 1. The summed E-state index contributed by atoms with van der Waals surface area (Å²) in [4.78, 5) is 13.1. The second-order valence-corrected chi connectivity index (χ2v) is 18.3. The zero-order valence-corrected chi connectivity index (χ0v) is 16.4. The molecule has 22 heavy (non-hydrogen) atoms. The van der Waals surface area contributed by atoms with Crippen LogP contribution in [0.3, 0.4) is 0 Å². The van der Waals surface area contributed by atoms with Crippen LogP contribution in [0.25, 0.3) is 11.1 Å². The van der Waals surface area contributed by atoms with Crippen molar-refractivity contribution in [3.63, 3.8) is 0 Å². The molecule has 0 aromatic heterocycles. The molecule has 0 radical (unpaired) electrons. The topological polar surface area (TPSA) is 17.1 Å². The van der Waals surface area contributed by atoms with Crippen LogP contribution in [0.15, 0.2) is 36.4 Å². The van der Waals surface area contributed by atoms with Crippen molar-refractivity contribution >= 4 is 32.3 Å². The van der Waals surface area contributed by atoms with E-state index in [0.29, 0.717) is 0 Å². The van der Waals surface area contributed by atoms with Crippen LogP contribution in [0.5, 0.6) is 0 Å². The van der Waals surface area contributed by atoms with E-state index in [4.69, 9.17) is 0 Å². The molecule has 1 aliphatic carbocycles. The minimum Gasteiger partial charge on any atom is -0.289 e. The Kier molecular flexibility index (Phi) is 3.35.